The van der Waals surface area contributed by atoms with E-state index in [0.29, 0.717) is 5.76 Å². The molecule has 0 unspecified atom stereocenters. The van der Waals surface area contributed by atoms with Gasteiger partial charge in [-0.25, -0.2) is 0 Å². The van der Waals surface area contributed by atoms with Crippen LogP contribution in [0, 0.1) is 6.92 Å². The largest absolute Gasteiger partial charge is 0.462 e. The van der Waals surface area contributed by atoms with Gasteiger partial charge in [0, 0.05) is 16.7 Å². The van der Waals surface area contributed by atoms with Crippen LogP contribution in [0.5, 0.6) is 0 Å². The van der Waals surface area contributed by atoms with Crippen LogP contribution in [0.25, 0.3) is 6.08 Å². The number of hydrogen-bond donors (Lipinski definition) is 1. The molecule has 21 heavy (non-hydrogen) atoms. The van der Waals surface area contributed by atoms with Crippen molar-refractivity contribution < 1.29 is 9.21 Å². The molecule has 0 spiro atoms. The highest BCUT2D eigenvalue weighted by Crippen LogP contribution is 2.26. The summed E-state index contributed by atoms with van der Waals surface area (Å²) in [6.45, 7) is 5.57. The van der Waals surface area contributed by atoms with E-state index in [1.165, 1.54) is 6.08 Å². The molecule has 0 aliphatic rings. The molecule has 0 aliphatic heterocycles. The van der Waals surface area contributed by atoms with Gasteiger partial charge < -0.3 is 9.73 Å². The predicted octanol–water partition coefficient (Wildman–Crippen LogP) is 4.52. The van der Waals surface area contributed by atoms with Gasteiger partial charge in [-0.15, -0.1) is 18.3 Å². The van der Waals surface area contributed by atoms with Crippen molar-refractivity contribution in [1.82, 2.24) is 0 Å². The Bertz CT molecular complexity index is 658. The molecular formula is C17H17NO2S. The van der Waals surface area contributed by atoms with Gasteiger partial charge in [0.2, 0.25) is 5.91 Å². The van der Waals surface area contributed by atoms with Crippen LogP contribution >= 0.6 is 11.8 Å². The number of para-hydroxylation sites is 1. The zero-order valence-electron chi connectivity index (χ0n) is 11.8. The van der Waals surface area contributed by atoms with Crippen molar-refractivity contribution in [2.45, 2.75) is 11.8 Å². The lowest BCUT2D eigenvalue weighted by molar-refractivity contribution is -0.111. The second kappa shape index (κ2) is 7.55. The van der Waals surface area contributed by atoms with E-state index < -0.39 is 0 Å². The lowest BCUT2D eigenvalue weighted by Crippen LogP contribution is -2.08. The second-order valence-electron chi connectivity index (χ2n) is 4.37. The van der Waals surface area contributed by atoms with E-state index >= 15 is 0 Å². The molecule has 2 aromatic rings. The summed E-state index contributed by atoms with van der Waals surface area (Å²) in [5, 5.41) is 2.87. The Morgan fingerprint density at radius 2 is 2.14 bits per heavy atom. The van der Waals surface area contributed by atoms with E-state index in [9.17, 15) is 4.79 Å². The van der Waals surface area contributed by atoms with Crippen LogP contribution in [-0.4, -0.2) is 11.7 Å². The fourth-order valence-corrected chi connectivity index (χ4v) is 2.47. The lowest BCUT2D eigenvalue weighted by Gasteiger charge is -2.08. The third kappa shape index (κ3) is 4.68. The van der Waals surface area contributed by atoms with E-state index in [1.54, 1.807) is 17.8 Å². The van der Waals surface area contributed by atoms with Gasteiger partial charge >= 0.3 is 0 Å². The van der Waals surface area contributed by atoms with Crippen LogP contribution in [0.15, 0.2) is 64.4 Å². The highest BCUT2D eigenvalue weighted by Gasteiger charge is 2.04. The minimum atomic E-state index is -0.185. The zero-order chi connectivity index (χ0) is 15.1. The highest BCUT2D eigenvalue weighted by atomic mass is 32.2. The zero-order valence-corrected chi connectivity index (χ0v) is 12.7. The third-order valence-corrected chi connectivity index (χ3v) is 3.73. The third-order valence-electron chi connectivity index (χ3n) is 2.66. The summed E-state index contributed by atoms with van der Waals surface area (Å²) in [6, 6.07) is 11.4. The molecule has 0 atom stereocenters. The summed E-state index contributed by atoms with van der Waals surface area (Å²) < 4.78 is 5.38. The number of carbonyl (C=O) groups excluding carboxylic acids is 1. The summed E-state index contributed by atoms with van der Waals surface area (Å²) in [7, 11) is 0. The smallest absolute Gasteiger partial charge is 0.248 e. The first-order valence-electron chi connectivity index (χ1n) is 6.57. The number of anilines is 1. The molecule has 0 fully saturated rings. The molecule has 1 N–H and O–H groups in total. The van der Waals surface area contributed by atoms with E-state index in [1.807, 2.05) is 49.4 Å². The van der Waals surface area contributed by atoms with Crippen LogP contribution in [0.1, 0.15) is 11.5 Å². The molecule has 0 aliphatic carbocycles. The standard InChI is InChI=1S/C17H17NO2S/c1-3-12-21-16-7-5-4-6-15(16)18-17(19)11-10-14-9-8-13(2)20-14/h3-11H,1,12H2,2H3,(H,18,19)/b11-10+. The van der Waals surface area contributed by atoms with Crippen molar-refractivity contribution in [1.29, 1.82) is 0 Å². The monoisotopic (exact) mass is 299 g/mol. The molecule has 0 bridgehead atoms. The van der Waals surface area contributed by atoms with Gasteiger partial charge in [0.15, 0.2) is 0 Å². The predicted molar refractivity (Wildman–Crippen MR) is 88.5 cm³/mol. The maximum atomic E-state index is 11.9. The maximum Gasteiger partial charge on any atom is 0.248 e. The molecule has 108 valence electrons. The molecule has 1 amide bonds. The summed E-state index contributed by atoms with van der Waals surface area (Å²) in [5.41, 5.74) is 0.801. The SMILES string of the molecule is C=CCSc1ccccc1NC(=O)/C=C/c1ccc(C)o1. The van der Waals surface area contributed by atoms with Crippen molar-refractivity contribution >= 4 is 29.4 Å². The Morgan fingerprint density at radius 1 is 1.33 bits per heavy atom. The molecule has 0 saturated carbocycles. The topological polar surface area (TPSA) is 42.2 Å². The van der Waals surface area contributed by atoms with Gasteiger partial charge in [-0.2, -0.15) is 0 Å². The van der Waals surface area contributed by atoms with Crippen LogP contribution < -0.4 is 5.32 Å². The first kappa shape index (κ1) is 15.2. The van der Waals surface area contributed by atoms with E-state index in [4.69, 9.17) is 4.42 Å². The number of carbonyl (C=O) groups is 1. The minimum absolute atomic E-state index is 0.185. The highest BCUT2D eigenvalue weighted by molar-refractivity contribution is 7.99. The van der Waals surface area contributed by atoms with Crippen LogP contribution in [0.4, 0.5) is 5.69 Å². The van der Waals surface area contributed by atoms with Gasteiger partial charge in [0.1, 0.15) is 11.5 Å². The fraction of sp³-hybridized carbons (Fsp3) is 0.118. The van der Waals surface area contributed by atoms with Crippen molar-refractivity contribution in [3.63, 3.8) is 0 Å². The number of thioether (sulfide) groups is 1. The normalized spacial score (nSPS) is 10.7. The maximum absolute atomic E-state index is 11.9. The Kier molecular flexibility index (Phi) is 5.46. The molecule has 3 nitrogen and oxygen atoms in total. The van der Waals surface area contributed by atoms with Gasteiger partial charge in [0.05, 0.1) is 5.69 Å². The number of furan rings is 1. The van der Waals surface area contributed by atoms with Crippen LogP contribution in [-0.2, 0) is 4.79 Å². The molecule has 0 radical (unpaired) electrons. The van der Waals surface area contributed by atoms with Gasteiger partial charge in [0.25, 0.3) is 0 Å². The Balaban J connectivity index is 2.02. The minimum Gasteiger partial charge on any atom is -0.462 e. The average molecular weight is 299 g/mol. The van der Waals surface area contributed by atoms with Crippen molar-refractivity contribution in [3.8, 4) is 0 Å². The second-order valence-corrected chi connectivity index (χ2v) is 5.43. The van der Waals surface area contributed by atoms with E-state index in [2.05, 4.69) is 11.9 Å². The summed E-state index contributed by atoms with van der Waals surface area (Å²) in [4.78, 5) is 13.0. The number of benzene rings is 1. The van der Waals surface area contributed by atoms with Gasteiger partial charge in [-0.3, -0.25) is 4.79 Å². The number of aryl methyl sites for hydroxylation is 1. The molecule has 0 saturated heterocycles. The van der Waals surface area contributed by atoms with Crippen molar-refractivity contribution in [2.75, 3.05) is 11.1 Å². The fourth-order valence-electron chi connectivity index (χ4n) is 1.72. The van der Waals surface area contributed by atoms with Gasteiger partial charge in [-0.05, 0) is 37.3 Å². The Hall–Kier alpha value is -2.20. The van der Waals surface area contributed by atoms with E-state index in [0.717, 1.165) is 22.1 Å². The van der Waals surface area contributed by atoms with Crippen molar-refractivity contribution in [2.24, 2.45) is 0 Å². The Morgan fingerprint density at radius 3 is 2.86 bits per heavy atom. The number of rotatable bonds is 6. The van der Waals surface area contributed by atoms with E-state index in [-0.39, 0.29) is 5.91 Å². The summed E-state index contributed by atoms with van der Waals surface area (Å²) in [5.74, 6) is 2.10. The number of hydrogen-bond acceptors (Lipinski definition) is 3. The molecule has 1 aromatic heterocycles. The molecule has 1 heterocycles. The molecule has 2 rings (SSSR count). The van der Waals surface area contributed by atoms with Crippen LogP contribution in [0.3, 0.4) is 0 Å². The number of nitrogens with one attached hydrogen (secondary N) is 1. The lowest BCUT2D eigenvalue weighted by atomic mass is 10.3. The Labute approximate surface area is 128 Å². The summed E-state index contributed by atoms with van der Waals surface area (Å²) >= 11 is 1.63. The number of amides is 1. The quantitative estimate of drug-likeness (QED) is 0.484. The molecular weight excluding hydrogens is 282 g/mol. The van der Waals surface area contributed by atoms with Gasteiger partial charge in [-0.1, -0.05) is 18.2 Å². The summed E-state index contributed by atoms with van der Waals surface area (Å²) in [6.07, 6.45) is 4.96. The molecule has 1 aromatic carbocycles. The molecule has 4 heteroatoms. The first-order valence-corrected chi connectivity index (χ1v) is 7.56. The van der Waals surface area contributed by atoms with Crippen LogP contribution in [0.2, 0.25) is 0 Å². The first-order chi connectivity index (χ1) is 10.2. The van der Waals surface area contributed by atoms with Crippen molar-refractivity contribution in [3.05, 3.63) is 66.6 Å². The average Bonchev–Trinajstić information content (AvgIpc) is 2.90.